The van der Waals surface area contributed by atoms with Crippen LogP contribution in [0.3, 0.4) is 0 Å². The zero-order valence-electron chi connectivity index (χ0n) is 16.5. The minimum atomic E-state index is -3.43. The number of tetrazole rings is 1. The number of unbranched alkanes of at least 4 members (excludes halogenated alkanes) is 3. The number of aromatic nitrogens is 4. The molecular formula is C20H25F2N5O3. The minimum absolute atomic E-state index is 0.0808. The number of nitrogens with zero attached hydrogens (tertiary/aromatic N) is 4. The largest absolute Gasteiger partial charge is 0.447 e. The molecule has 2 N–H and O–H groups in total. The van der Waals surface area contributed by atoms with Crippen molar-refractivity contribution >= 4 is 6.09 Å². The van der Waals surface area contributed by atoms with Crippen molar-refractivity contribution in [1.82, 2.24) is 25.5 Å². The van der Waals surface area contributed by atoms with Crippen LogP contribution in [-0.4, -0.2) is 62.0 Å². The topological polar surface area (TPSA) is 104 Å². The summed E-state index contributed by atoms with van der Waals surface area (Å²) in [5.74, 6) is -2.68. The number of rotatable bonds is 11. The van der Waals surface area contributed by atoms with Gasteiger partial charge in [-0.1, -0.05) is 55.3 Å². The molecule has 1 aromatic carbocycles. The summed E-state index contributed by atoms with van der Waals surface area (Å²) in [6, 6.07) is 6.68. The molecule has 162 valence electrons. The molecule has 1 aromatic heterocycles. The van der Waals surface area contributed by atoms with Gasteiger partial charge in [0.05, 0.1) is 6.04 Å². The Morgan fingerprint density at radius 1 is 1.27 bits per heavy atom. The van der Waals surface area contributed by atoms with Crippen LogP contribution in [0.25, 0.3) is 0 Å². The lowest BCUT2D eigenvalue weighted by Gasteiger charge is -2.22. The first-order valence-corrected chi connectivity index (χ1v) is 9.94. The number of carbonyl (C=O) groups is 1. The van der Waals surface area contributed by atoms with E-state index in [-0.39, 0.29) is 12.2 Å². The Morgan fingerprint density at radius 2 is 2.03 bits per heavy atom. The molecule has 1 aliphatic rings. The Kier molecular flexibility index (Phi) is 7.45. The number of benzene rings is 1. The lowest BCUT2D eigenvalue weighted by atomic mass is 10.0. The highest BCUT2D eigenvalue weighted by Crippen LogP contribution is 2.32. The molecule has 0 radical (unpaired) electrons. The number of cyclic esters (lactones) is 1. The average Bonchev–Trinajstić information content (AvgIpc) is 3.39. The molecule has 0 aliphatic carbocycles. The molecule has 1 aliphatic heterocycles. The van der Waals surface area contributed by atoms with E-state index in [1.165, 1.54) is 35.2 Å². The Bertz CT molecular complexity index is 817. The summed E-state index contributed by atoms with van der Waals surface area (Å²) in [5, 5.41) is 23.6. The number of hydrogen-bond acceptors (Lipinski definition) is 6. The second-order valence-electron chi connectivity index (χ2n) is 7.17. The highest BCUT2D eigenvalue weighted by molar-refractivity contribution is 5.70. The van der Waals surface area contributed by atoms with Gasteiger partial charge in [0.15, 0.2) is 0 Å². The molecule has 0 unspecified atom stereocenters. The molecule has 0 saturated carbocycles. The van der Waals surface area contributed by atoms with Crippen LogP contribution in [-0.2, 0) is 17.1 Å². The number of aliphatic hydroxyl groups excluding tert-OH is 1. The smallest absolute Gasteiger partial charge is 0.410 e. The summed E-state index contributed by atoms with van der Waals surface area (Å²) in [7, 11) is 0. The summed E-state index contributed by atoms with van der Waals surface area (Å²) in [6.45, 7) is 0.542. The van der Waals surface area contributed by atoms with Crippen LogP contribution in [0.15, 0.2) is 42.5 Å². The van der Waals surface area contributed by atoms with E-state index < -0.39 is 24.2 Å². The molecule has 0 spiro atoms. The molecule has 1 amide bonds. The molecule has 10 heteroatoms. The van der Waals surface area contributed by atoms with Crippen molar-refractivity contribution in [1.29, 1.82) is 0 Å². The molecule has 1 saturated heterocycles. The van der Waals surface area contributed by atoms with Crippen LogP contribution in [0.1, 0.15) is 37.1 Å². The van der Waals surface area contributed by atoms with Gasteiger partial charge >= 0.3 is 12.0 Å². The summed E-state index contributed by atoms with van der Waals surface area (Å²) in [6.07, 6.45) is 4.29. The summed E-state index contributed by atoms with van der Waals surface area (Å²) in [5.41, 5.74) is -0.265. The number of carbonyl (C=O) groups excluding carboxylic acids is 1. The number of aromatic amines is 1. The monoisotopic (exact) mass is 421 g/mol. The maximum absolute atomic E-state index is 14.4. The fourth-order valence-corrected chi connectivity index (χ4v) is 3.28. The standard InChI is InChI=1S/C20H25F2N5O3/c21-20(22,15-8-4-3-5-9-15)17(28)12-11-16-14-30-19(29)27(16)13-7-2-1-6-10-18-23-25-26-24-18/h3-5,8-9,11-12,16-17,28H,1-2,6-7,10,13-14H2,(H,23,24,25,26)/b12-11+/t16-,17+/m0/s1. The number of alkyl halides is 2. The fourth-order valence-electron chi connectivity index (χ4n) is 3.28. The summed E-state index contributed by atoms with van der Waals surface area (Å²) >= 11 is 0. The fraction of sp³-hybridized carbons (Fsp3) is 0.500. The lowest BCUT2D eigenvalue weighted by molar-refractivity contribution is -0.0929. The van der Waals surface area contributed by atoms with Crippen molar-refractivity contribution in [2.24, 2.45) is 0 Å². The number of ether oxygens (including phenoxy) is 1. The first-order chi connectivity index (χ1) is 14.5. The Labute approximate surface area is 172 Å². The van der Waals surface area contributed by atoms with Crippen molar-refractivity contribution in [3.05, 3.63) is 53.9 Å². The van der Waals surface area contributed by atoms with Gasteiger partial charge in [-0.05, 0) is 23.3 Å². The van der Waals surface area contributed by atoms with E-state index in [1.54, 1.807) is 6.07 Å². The van der Waals surface area contributed by atoms with Crippen LogP contribution in [0.4, 0.5) is 13.6 Å². The second kappa shape index (κ2) is 10.2. The van der Waals surface area contributed by atoms with Gasteiger partial charge < -0.3 is 9.84 Å². The van der Waals surface area contributed by atoms with Crippen LogP contribution in [0.5, 0.6) is 0 Å². The maximum atomic E-state index is 14.4. The first-order valence-electron chi connectivity index (χ1n) is 9.94. The van der Waals surface area contributed by atoms with Gasteiger partial charge in [0.25, 0.3) is 0 Å². The third-order valence-corrected chi connectivity index (χ3v) is 5.01. The molecule has 2 heterocycles. The zero-order valence-corrected chi connectivity index (χ0v) is 16.5. The van der Waals surface area contributed by atoms with Crippen LogP contribution >= 0.6 is 0 Å². The quantitative estimate of drug-likeness (QED) is 0.427. The number of halogens is 2. The average molecular weight is 421 g/mol. The third-order valence-electron chi connectivity index (χ3n) is 5.01. The van der Waals surface area contributed by atoms with Crippen molar-refractivity contribution in [2.45, 2.75) is 50.2 Å². The second-order valence-corrected chi connectivity index (χ2v) is 7.17. The third kappa shape index (κ3) is 5.59. The van der Waals surface area contributed by atoms with Crippen molar-refractivity contribution < 1.29 is 23.4 Å². The van der Waals surface area contributed by atoms with E-state index in [0.717, 1.165) is 44.0 Å². The maximum Gasteiger partial charge on any atom is 0.410 e. The van der Waals surface area contributed by atoms with Gasteiger partial charge in [-0.25, -0.2) is 9.89 Å². The van der Waals surface area contributed by atoms with E-state index >= 15 is 0 Å². The number of aliphatic hydroxyl groups is 1. The van der Waals surface area contributed by atoms with Gasteiger partial charge in [-0.2, -0.15) is 8.78 Å². The van der Waals surface area contributed by atoms with Gasteiger partial charge in [0.1, 0.15) is 18.5 Å². The van der Waals surface area contributed by atoms with Gasteiger partial charge in [-0.15, -0.1) is 5.10 Å². The predicted octanol–water partition coefficient (Wildman–Crippen LogP) is 2.83. The Balaban J connectivity index is 1.45. The van der Waals surface area contributed by atoms with Crippen LogP contribution in [0, 0.1) is 0 Å². The van der Waals surface area contributed by atoms with Crippen LogP contribution in [0.2, 0.25) is 0 Å². The zero-order chi connectivity index (χ0) is 21.4. The highest BCUT2D eigenvalue weighted by atomic mass is 19.3. The molecule has 2 atom stereocenters. The van der Waals surface area contributed by atoms with E-state index in [2.05, 4.69) is 20.6 Å². The first kappa shape index (κ1) is 21.8. The minimum Gasteiger partial charge on any atom is -0.447 e. The van der Waals surface area contributed by atoms with Gasteiger partial charge in [-0.3, -0.25) is 4.90 Å². The van der Waals surface area contributed by atoms with E-state index in [0.29, 0.717) is 6.54 Å². The van der Waals surface area contributed by atoms with Crippen molar-refractivity contribution in [3.63, 3.8) is 0 Å². The number of amides is 1. The Morgan fingerprint density at radius 3 is 2.77 bits per heavy atom. The lowest BCUT2D eigenvalue weighted by Crippen LogP contribution is -2.34. The van der Waals surface area contributed by atoms with Crippen LogP contribution < -0.4 is 0 Å². The number of hydrogen-bond donors (Lipinski definition) is 2. The SMILES string of the molecule is O=C1OC[C@H](/C=C/[C@@H](O)C(F)(F)c2ccccc2)N1CCCCCCc1nnn[nH]1. The number of nitrogens with one attached hydrogen (secondary N) is 1. The summed E-state index contributed by atoms with van der Waals surface area (Å²) in [4.78, 5) is 13.5. The number of H-pyrrole nitrogens is 1. The van der Waals surface area contributed by atoms with E-state index in [1.807, 2.05) is 0 Å². The predicted molar refractivity (Wildman–Crippen MR) is 104 cm³/mol. The van der Waals surface area contributed by atoms with Crippen molar-refractivity contribution in [3.8, 4) is 0 Å². The normalized spacial score (nSPS) is 18.2. The molecular weight excluding hydrogens is 396 g/mol. The Hall–Kier alpha value is -2.88. The van der Waals surface area contributed by atoms with E-state index in [9.17, 15) is 18.7 Å². The highest BCUT2D eigenvalue weighted by Gasteiger charge is 2.39. The van der Waals surface area contributed by atoms with E-state index in [4.69, 9.17) is 4.74 Å². The molecule has 2 aromatic rings. The molecule has 8 nitrogen and oxygen atoms in total. The molecule has 1 fully saturated rings. The molecule has 30 heavy (non-hydrogen) atoms. The van der Waals surface area contributed by atoms with Crippen molar-refractivity contribution in [2.75, 3.05) is 13.2 Å². The molecule has 3 rings (SSSR count). The summed E-state index contributed by atoms with van der Waals surface area (Å²) < 4.78 is 33.8. The van der Waals surface area contributed by atoms with Gasteiger partial charge in [0.2, 0.25) is 0 Å². The molecule has 0 bridgehead atoms. The number of aryl methyl sites for hydroxylation is 1. The van der Waals surface area contributed by atoms with Gasteiger partial charge in [0, 0.05) is 18.5 Å².